The Morgan fingerprint density at radius 1 is 1.37 bits per heavy atom. The van der Waals surface area contributed by atoms with Crippen LogP contribution in [0.4, 0.5) is 0 Å². The molecule has 5 nitrogen and oxygen atoms in total. The monoisotopic (exact) mass is 276 g/mol. The number of fused-ring (bicyclic) bond motifs is 1. The zero-order valence-corrected chi connectivity index (χ0v) is 11.5. The lowest BCUT2D eigenvalue weighted by Gasteiger charge is -2.05. The van der Waals surface area contributed by atoms with Gasteiger partial charge in [-0.1, -0.05) is 18.2 Å². The Kier molecular flexibility index (Phi) is 4.01. The number of amides is 1. The van der Waals surface area contributed by atoms with E-state index >= 15 is 0 Å². The Morgan fingerprint density at radius 2 is 2.11 bits per heavy atom. The van der Waals surface area contributed by atoms with E-state index in [1.54, 1.807) is 0 Å². The Labute approximate surface area is 116 Å². The molecule has 100 valence electrons. The zero-order chi connectivity index (χ0) is 13.8. The summed E-state index contributed by atoms with van der Waals surface area (Å²) >= 11 is 4.63. The number of aromatic nitrogens is 1. The van der Waals surface area contributed by atoms with Gasteiger partial charge in [-0.05, 0) is 30.8 Å². The minimum Gasteiger partial charge on any atom is -0.375 e. The third-order valence-corrected chi connectivity index (χ3v) is 2.99. The number of nitrogens with zero attached hydrogens (tertiary/aromatic N) is 1. The van der Waals surface area contributed by atoms with E-state index in [1.165, 1.54) is 0 Å². The van der Waals surface area contributed by atoms with Gasteiger partial charge >= 0.3 is 0 Å². The average molecular weight is 276 g/mol. The maximum absolute atomic E-state index is 11.8. The van der Waals surface area contributed by atoms with Gasteiger partial charge in [-0.25, -0.2) is 0 Å². The van der Waals surface area contributed by atoms with Crippen molar-refractivity contribution in [2.45, 2.75) is 19.9 Å². The van der Waals surface area contributed by atoms with Crippen molar-refractivity contribution in [2.24, 2.45) is 5.73 Å². The first kappa shape index (κ1) is 13.4. The van der Waals surface area contributed by atoms with E-state index in [0.717, 1.165) is 23.0 Å². The van der Waals surface area contributed by atoms with Crippen LogP contribution in [0, 0.1) is 0 Å². The predicted octanol–water partition coefficient (Wildman–Crippen LogP) is 1.07. The van der Waals surface area contributed by atoms with Crippen LogP contribution in [0.3, 0.4) is 0 Å². The van der Waals surface area contributed by atoms with Gasteiger partial charge in [-0.15, -0.1) is 0 Å². The average Bonchev–Trinajstić information content (AvgIpc) is 2.75. The summed E-state index contributed by atoms with van der Waals surface area (Å²) in [7, 11) is 0. The fourth-order valence-electron chi connectivity index (χ4n) is 2.07. The number of carbonyl (C=O) groups is 1. The van der Waals surface area contributed by atoms with Crippen LogP contribution in [-0.4, -0.2) is 15.6 Å². The summed E-state index contributed by atoms with van der Waals surface area (Å²) in [6, 6.07) is 8.03. The molecule has 4 N–H and O–H groups in total. The third kappa shape index (κ3) is 3.03. The molecule has 2 rings (SSSR count). The molecule has 2 aromatic rings. The normalized spacial score (nSPS) is 10.4. The summed E-state index contributed by atoms with van der Waals surface area (Å²) in [6.07, 6.45) is 2.29. The molecule has 0 aliphatic carbocycles. The number of para-hydroxylation sites is 1. The number of hydrogen-bond acceptors (Lipinski definition) is 2. The van der Waals surface area contributed by atoms with Crippen LogP contribution in [0.5, 0.6) is 0 Å². The van der Waals surface area contributed by atoms with Crippen LogP contribution in [0.15, 0.2) is 30.5 Å². The number of rotatable bonds is 3. The van der Waals surface area contributed by atoms with Gasteiger partial charge in [0.1, 0.15) is 0 Å². The van der Waals surface area contributed by atoms with Crippen LogP contribution in [0.25, 0.3) is 10.9 Å². The number of thiocarbonyl (C=S) groups is 1. The molecule has 19 heavy (non-hydrogen) atoms. The second kappa shape index (κ2) is 5.71. The van der Waals surface area contributed by atoms with Gasteiger partial charge in [0, 0.05) is 23.6 Å². The van der Waals surface area contributed by atoms with E-state index < -0.39 is 0 Å². The predicted molar refractivity (Wildman–Crippen MR) is 79.4 cm³/mol. The summed E-state index contributed by atoms with van der Waals surface area (Å²) in [6.45, 7) is 2.94. The molecule has 0 saturated heterocycles. The zero-order valence-electron chi connectivity index (χ0n) is 10.6. The molecule has 0 bridgehead atoms. The van der Waals surface area contributed by atoms with Crippen molar-refractivity contribution in [3.8, 4) is 0 Å². The van der Waals surface area contributed by atoms with Gasteiger partial charge in [0.25, 0.3) is 0 Å². The minimum atomic E-state index is -0.174. The van der Waals surface area contributed by atoms with Crippen molar-refractivity contribution in [3.05, 3.63) is 36.0 Å². The maximum atomic E-state index is 11.8. The molecule has 1 aromatic heterocycles. The quantitative estimate of drug-likeness (QED) is 0.579. The number of carbonyl (C=O) groups excluding carboxylic acids is 1. The molecule has 0 fully saturated rings. The maximum Gasteiger partial charge on any atom is 0.242 e. The lowest BCUT2D eigenvalue weighted by Crippen LogP contribution is -2.44. The van der Waals surface area contributed by atoms with Gasteiger partial charge in [0.05, 0.1) is 6.42 Å². The first-order valence-electron chi connectivity index (χ1n) is 6.03. The molecule has 0 saturated carbocycles. The largest absolute Gasteiger partial charge is 0.375 e. The third-order valence-electron chi connectivity index (χ3n) is 2.89. The SMILES string of the molecule is CCn1cc(CC(=O)NNC(N)=S)c2ccccc21. The number of hydrogen-bond donors (Lipinski definition) is 3. The summed E-state index contributed by atoms with van der Waals surface area (Å²) in [5.41, 5.74) is 12.3. The molecule has 0 aliphatic rings. The van der Waals surface area contributed by atoms with Crippen LogP contribution in [-0.2, 0) is 17.8 Å². The molecular formula is C13H16N4OS. The molecule has 0 radical (unpaired) electrons. The molecular weight excluding hydrogens is 260 g/mol. The van der Waals surface area contributed by atoms with Crippen molar-refractivity contribution in [2.75, 3.05) is 0 Å². The van der Waals surface area contributed by atoms with Crippen molar-refractivity contribution >= 4 is 34.1 Å². The highest BCUT2D eigenvalue weighted by Crippen LogP contribution is 2.21. The van der Waals surface area contributed by atoms with Crippen LogP contribution in [0.1, 0.15) is 12.5 Å². The highest BCUT2D eigenvalue weighted by Gasteiger charge is 2.10. The Morgan fingerprint density at radius 3 is 2.79 bits per heavy atom. The first-order valence-corrected chi connectivity index (χ1v) is 6.43. The lowest BCUT2D eigenvalue weighted by molar-refractivity contribution is -0.120. The number of nitrogens with one attached hydrogen (secondary N) is 2. The highest BCUT2D eigenvalue weighted by molar-refractivity contribution is 7.80. The van der Waals surface area contributed by atoms with E-state index in [0.29, 0.717) is 0 Å². The molecule has 0 unspecified atom stereocenters. The van der Waals surface area contributed by atoms with Crippen molar-refractivity contribution in [3.63, 3.8) is 0 Å². The second-order valence-corrected chi connectivity index (χ2v) is 4.61. The molecule has 0 aliphatic heterocycles. The van der Waals surface area contributed by atoms with Crippen LogP contribution < -0.4 is 16.6 Å². The summed E-state index contributed by atoms with van der Waals surface area (Å²) in [5.74, 6) is -0.174. The van der Waals surface area contributed by atoms with Crippen molar-refractivity contribution in [1.82, 2.24) is 15.4 Å². The second-order valence-electron chi connectivity index (χ2n) is 4.17. The van der Waals surface area contributed by atoms with Gasteiger partial charge in [0.15, 0.2) is 5.11 Å². The number of aryl methyl sites for hydroxylation is 1. The van der Waals surface area contributed by atoms with Gasteiger partial charge in [-0.3, -0.25) is 15.6 Å². The fourth-order valence-corrected chi connectivity index (χ4v) is 2.12. The molecule has 1 amide bonds. The number of nitrogens with two attached hydrogens (primary N) is 1. The Hall–Kier alpha value is -2.08. The fraction of sp³-hybridized carbons (Fsp3) is 0.231. The number of hydrazine groups is 1. The Balaban J connectivity index is 2.21. The molecule has 1 heterocycles. The van der Waals surface area contributed by atoms with E-state index in [-0.39, 0.29) is 17.4 Å². The minimum absolute atomic E-state index is 0.0457. The summed E-state index contributed by atoms with van der Waals surface area (Å²) in [4.78, 5) is 11.8. The van der Waals surface area contributed by atoms with Crippen LogP contribution in [0.2, 0.25) is 0 Å². The molecule has 0 spiro atoms. The molecule has 0 atom stereocenters. The van der Waals surface area contributed by atoms with Crippen molar-refractivity contribution < 1.29 is 4.79 Å². The molecule has 6 heteroatoms. The topological polar surface area (TPSA) is 72.1 Å². The Bertz CT molecular complexity index is 620. The van der Waals surface area contributed by atoms with Gasteiger partial charge in [-0.2, -0.15) is 0 Å². The van der Waals surface area contributed by atoms with Crippen LogP contribution >= 0.6 is 12.2 Å². The van der Waals surface area contributed by atoms with Crippen molar-refractivity contribution in [1.29, 1.82) is 0 Å². The lowest BCUT2D eigenvalue weighted by atomic mass is 10.1. The summed E-state index contributed by atoms with van der Waals surface area (Å²) in [5, 5.41) is 1.14. The highest BCUT2D eigenvalue weighted by atomic mass is 32.1. The molecule has 1 aromatic carbocycles. The smallest absolute Gasteiger partial charge is 0.242 e. The standard InChI is InChI=1S/C13H16N4OS/c1-2-17-8-9(7-12(18)15-16-13(14)19)10-5-3-4-6-11(10)17/h3-6,8H,2,7H2,1H3,(H,15,18)(H3,14,16,19). The van der Waals surface area contributed by atoms with Gasteiger partial charge in [0.2, 0.25) is 5.91 Å². The van der Waals surface area contributed by atoms with Gasteiger partial charge < -0.3 is 10.3 Å². The van der Waals surface area contributed by atoms with E-state index in [9.17, 15) is 4.79 Å². The number of benzene rings is 1. The van der Waals surface area contributed by atoms with E-state index in [4.69, 9.17) is 5.73 Å². The van der Waals surface area contributed by atoms with E-state index in [1.807, 2.05) is 30.5 Å². The first-order chi connectivity index (χ1) is 9.11. The van der Waals surface area contributed by atoms with E-state index in [2.05, 4.69) is 34.6 Å². The summed E-state index contributed by atoms with van der Waals surface area (Å²) < 4.78 is 2.12.